The van der Waals surface area contributed by atoms with Gasteiger partial charge in [-0.05, 0) is 37.3 Å². The molecule has 0 spiro atoms. The van der Waals surface area contributed by atoms with Crippen molar-refractivity contribution in [1.29, 1.82) is 0 Å². The number of ether oxygens (including phenoxy) is 1. The zero-order valence-corrected chi connectivity index (χ0v) is 12.4. The predicted molar refractivity (Wildman–Crippen MR) is 82.0 cm³/mol. The first-order valence-corrected chi connectivity index (χ1v) is 6.86. The normalized spacial score (nSPS) is 11.6. The molecule has 0 aromatic heterocycles. The van der Waals surface area contributed by atoms with Gasteiger partial charge in [-0.2, -0.15) is 0 Å². The number of halogens is 2. The number of rotatable bonds is 5. The molecule has 0 unspecified atom stereocenters. The van der Waals surface area contributed by atoms with Crippen LogP contribution in [0.15, 0.2) is 42.5 Å². The van der Waals surface area contributed by atoms with Gasteiger partial charge in [-0.15, -0.1) is 0 Å². The summed E-state index contributed by atoms with van der Waals surface area (Å²) in [7, 11) is 0. The summed E-state index contributed by atoms with van der Waals surface area (Å²) < 4.78 is 18.4. The molecule has 0 fully saturated rings. The summed E-state index contributed by atoms with van der Waals surface area (Å²) in [4.78, 5) is 23.0. The van der Waals surface area contributed by atoms with Crippen LogP contribution in [0.3, 0.4) is 0 Å². The number of hydrogen-bond donors (Lipinski definition) is 1. The molecule has 0 aliphatic rings. The molecule has 0 bridgehead atoms. The first kappa shape index (κ1) is 16.0. The van der Waals surface area contributed by atoms with Crippen molar-refractivity contribution >= 4 is 29.5 Å². The number of benzene rings is 2. The summed E-state index contributed by atoms with van der Waals surface area (Å²) in [5.74, 6) is -0.647. The highest BCUT2D eigenvalue weighted by molar-refractivity contribution is 6.33. The maximum absolute atomic E-state index is 13.0. The number of amides is 1. The summed E-state index contributed by atoms with van der Waals surface area (Å²) in [6.07, 6.45) is -0.209. The number of hydrogen-bond acceptors (Lipinski definition) is 3. The SMILES string of the molecule is C[C@H](Oc1ccccc1C=O)C(=O)Nc1ccc(F)cc1Cl. The fraction of sp³-hybridized carbons (Fsp3) is 0.125. The molecule has 0 aliphatic carbocycles. The van der Waals surface area contributed by atoms with Gasteiger partial charge in [-0.25, -0.2) is 4.39 Å². The summed E-state index contributed by atoms with van der Waals surface area (Å²) in [6, 6.07) is 10.2. The quantitative estimate of drug-likeness (QED) is 0.854. The Morgan fingerprint density at radius 3 is 2.73 bits per heavy atom. The number of nitrogens with one attached hydrogen (secondary N) is 1. The molecule has 0 radical (unpaired) electrons. The largest absolute Gasteiger partial charge is 0.480 e. The minimum absolute atomic E-state index is 0.0915. The molecule has 1 atom stereocenters. The third-order valence-electron chi connectivity index (χ3n) is 2.91. The van der Waals surface area contributed by atoms with E-state index in [0.717, 1.165) is 6.07 Å². The van der Waals surface area contributed by atoms with Crippen LogP contribution in [-0.4, -0.2) is 18.3 Å². The van der Waals surface area contributed by atoms with Gasteiger partial charge in [0.15, 0.2) is 12.4 Å². The minimum Gasteiger partial charge on any atom is -0.480 e. The van der Waals surface area contributed by atoms with Crippen LogP contribution in [0.1, 0.15) is 17.3 Å². The van der Waals surface area contributed by atoms with Crippen LogP contribution < -0.4 is 10.1 Å². The van der Waals surface area contributed by atoms with Crippen molar-refractivity contribution < 1.29 is 18.7 Å². The average Bonchev–Trinajstić information content (AvgIpc) is 2.50. The molecule has 1 amide bonds. The van der Waals surface area contributed by atoms with Crippen LogP contribution in [0, 0.1) is 5.82 Å². The Hall–Kier alpha value is -2.40. The summed E-state index contributed by atoms with van der Waals surface area (Å²) >= 11 is 5.84. The second-order valence-corrected chi connectivity index (χ2v) is 4.94. The van der Waals surface area contributed by atoms with Crippen LogP contribution >= 0.6 is 11.6 Å². The number of anilines is 1. The van der Waals surface area contributed by atoms with Crippen LogP contribution in [0.5, 0.6) is 5.75 Å². The molecule has 6 heteroatoms. The molecule has 0 saturated heterocycles. The van der Waals surface area contributed by atoms with E-state index in [9.17, 15) is 14.0 Å². The molecule has 1 N–H and O–H groups in total. The Morgan fingerprint density at radius 1 is 1.32 bits per heavy atom. The van der Waals surface area contributed by atoms with Crippen LogP contribution in [-0.2, 0) is 4.79 Å². The van der Waals surface area contributed by atoms with Gasteiger partial charge in [0.2, 0.25) is 0 Å². The van der Waals surface area contributed by atoms with E-state index in [1.54, 1.807) is 24.3 Å². The van der Waals surface area contributed by atoms with Crippen molar-refractivity contribution in [1.82, 2.24) is 0 Å². The molecule has 2 aromatic carbocycles. The van der Waals surface area contributed by atoms with E-state index >= 15 is 0 Å². The number of aldehydes is 1. The highest BCUT2D eigenvalue weighted by Crippen LogP contribution is 2.23. The molecule has 0 saturated carbocycles. The van der Waals surface area contributed by atoms with Crippen molar-refractivity contribution in [2.24, 2.45) is 0 Å². The highest BCUT2D eigenvalue weighted by Gasteiger charge is 2.17. The van der Waals surface area contributed by atoms with Gasteiger partial charge in [0.1, 0.15) is 11.6 Å². The van der Waals surface area contributed by atoms with Crippen molar-refractivity contribution in [3.8, 4) is 5.75 Å². The van der Waals surface area contributed by atoms with Gasteiger partial charge in [0.25, 0.3) is 5.91 Å². The Morgan fingerprint density at radius 2 is 2.05 bits per heavy atom. The lowest BCUT2D eigenvalue weighted by Crippen LogP contribution is -2.30. The monoisotopic (exact) mass is 321 g/mol. The smallest absolute Gasteiger partial charge is 0.265 e. The highest BCUT2D eigenvalue weighted by atomic mass is 35.5. The van der Waals surface area contributed by atoms with Gasteiger partial charge in [-0.1, -0.05) is 23.7 Å². The van der Waals surface area contributed by atoms with E-state index in [1.165, 1.54) is 19.1 Å². The molecule has 2 rings (SSSR count). The molecule has 0 aliphatic heterocycles. The zero-order valence-electron chi connectivity index (χ0n) is 11.7. The van der Waals surface area contributed by atoms with Gasteiger partial charge in [0, 0.05) is 0 Å². The van der Waals surface area contributed by atoms with E-state index in [4.69, 9.17) is 16.3 Å². The zero-order chi connectivity index (χ0) is 16.1. The van der Waals surface area contributed by atoms with E-state index in [1.807, 2.05) is 0 Å². The van der Waals surface area contributed by atoms with Crippen LogP contribution in [0.4, 0.5) is 10.1 Å². The number of carbonyl (C=O) groups is 2. The van der Waals surface area contributed by atoms with Gasteiger partial charge < -0.3 is 10.1 Å². The lowest BCUT2D eigenvalue weighted by Gasteiger charge is -2.16. The summed E-state index contributed by atoms with van der Waals surface area (Å²) in [5.41, 5.74) is 0.633. The van der Waals surface area contributed by atoms with E-state index in [0.29, 0.717) is 17.6 Å². The third kappa shape index (κ3) is 3.83. The van der Waals surface area contributed by atoms with E-state index in [2.05, 4.69) is 5.32 Å². The fourth-order valence-corrected chi connectivity index (χ4v) is 1.97. The minimum atomic E-state index is -0.859. The molecule has 4 nitrogen and oxygen atoms in total. The van der Waals surface area contributed by atoms with Gasteiger partial charge >= 0.3 is 0 Å². The first-order valence-electron chi connectivity index (χ1n) is 6.48. The standard InChI is InChI=1S/C16H13ClFNO3/c1-10(22-15-5-3-2-4-11(15)9-20)16(21)19-14-7-6-12(18)8-13(14)17/h2-10H,1H3,(H,19,21)/t10-/m0/s1. The second kappa shape index (κ2) is 7.04. The van der Waals surface area contributed by atoms with Crippen LogP contribution in [0.2, 0.25) is 5.02 Å². The number of para-hydroxylation sites is 1. The average molecular weight is 322 g/mol. The van der Waals surface area contributed by atoms with Crippen molar-refractivity contribution in [2.45, 2.75) is 13.0 Å². The van der Waals surface area contributed by atoms with Crippen molar-refractivity contribution in [3.63, 3.8) is 0 Å². The van der Waals surface area contributed by atoms with Crippen LogP contribution in [0.25, 0.3) is 0 Å². The third-order valence-corrected chi connectivity index (χ3v) is 3.22. The van der Waals surface area contributed by atoms with Crippen molar-refractivity contribution in [3.05, 3.63) is 58.9 Å². The molecule has 114 valence electrons. The molecule has 0 heterocycles. The Bertz CT molecular complexity index is 706. The lowest BCUT2D eigenvalue weighted by atomic mass is 10.2. The van der Waals surface area contributed by atoms with Crippen molar-refractivity contribution in [2.75, 3.05) is 5.32 Å². The van der Waals surface area contributed by atoms with E-state index in [-0.39, 0.29) is 10.7 Å². The topological polar surface area (TPSA) is 55.4 Å². The summed E-state index contributed by atoms with van der Waals surface area (Å²) in [6.45, 7) is 1.54. The maximum Gasteiger partial charge on any atom is 0.265 e. The second-order valence-electron chi connectivity index (χ2n) is 4.53. The first-order chi connectivity index (χ1) is 10.5. The Kier molecular flexibility index (Phi) is 5.12. The number of carbonyl (C=O) groups excluding carboxylic acids is 2. The predicted octanol–water partition coefficient (Wildman–Crippen LogP) is 3.70. The van der Waals surface area contributed by atoms with E-state index < -0.39 is 17.8 Å². The van der Waals surface area contributed by atoms with Gasteiger partial charge in [-0.3, -0.25) is 9.59 Å². The molecule has 22 heavy (non-hydrogen) atoms. The molecule has 2 aromatic rings. The molecular formula is C16H13ClFNO3. The lowest BCUT2D eigenvalue weighted by molar-refractivity contribution is -0.122. The maximum atomic E-state index is 13.0. The Labute approximate surface area is 131 Å². The summed E-state index contributed by atoms with van der Waals surface area (Å²) in [5, 5.41) is 2.64. The Balaban J connectivity index is 2.07. The fourth-order valence-electron chi connectivity index (χ4n) is 1.75. The molecular weight excluding hydrogens is 309 g/mol. The van der Waals surface area contributed by atoms with Gasteiger partial charge in [0.05, 0.1) is 16.3 Å².